The molecule has 0 bridgehead atoms. The molecule has 0 saturated carbocycles. The van der Waals surface area contributed by atoms with Gasteiger partial charge in [-0.05, 0) is 60.7 Å². The molecule has 2 heterocycles. The van der Waals surface area contributed by atoms with E-state index in [9.17, 15) is 4.79 Å². The molecule has 1 aliphatic rings. The summed E-state index contributed by atoms with van der Waals surface area (Å²) >= 11 is 3.42. The van der Waals surface area contributed by atoms with Gasteiger partial charge in [-0.15, -0.1) is 0 Å². The molecule has 0 atom stereocenters. The summed E-state index contributed by atoms with van der Waals surface area (Å²) in [6.07, 6.45) is 5.35. The Bertz CT molecular complexity index is 1370. The summed E-state index contributed by atoms with van der Waals surface area (Å²) in [5.41, 5.74) is 3.86. The van der Waals surface area contributed by atoms with Gasteiger partial charge in [-0.2, -0.15) is 5.10 Å². The average Bonchev–Trinajstić information content (AvgIpc) is 3.40. The Balaban J connectivity index is 1.56. The van der Waals surface area contributed by atoms with E-state index in [1.165, 1.54) is 0 Å². The molecular formula is C27H19BrN2O3. The number of Topliss-reactive ketones (excluding diaryl/α,β-unsaturated/α-hetero) is 1. The maximum Gasteiger partial charge on any atom is 0.232 e. The molecule has 33 heavy (non-hydrogen) atoms. The third-order valence-corrected chi connectivity index (χ3v) is 5.67. The normalized spacial score (nSPS) is 13.6. The maximum atomic E-state index is 13.0. The highest BCUT2D eigenvalue weighted by atomic mass is 79.9. The van der Waals surface area contributed by atoms with Gasteiger partial charge < -0.3 is 9.47 Å². The number of nitrogens with zero attached hydrogens (tertiary/aromatic N) is 2. The lowest BCUT2D eigenvalue weighted by Crippen LogP contribution is -1.98. The molecule has 162 valence electrons. The minimum Gasteiger partial charge on any atom is -0.490 e. The van der Waals surface area contributed by atoms with E-state index >= 15 is 0 Å². The van der Waals surface area contributed by atoms with Crippen molar-refractivity contribution in [2.45, 2.75) is 0 Å². The van der Waals surface area contributed by atoms with E-state index in [1.54, 1.807) is 29.0 Å². The minimum absolute atomic E-state index is 0.155. The van der Waals surface area contributed by atoms with E-state index < -0.39 is 0 Å². The Morgan fingerprint density at radius 3 is 2.61 bits per heavy atom. The highest BCUT2D eigenvalue weighted by molar-refractivity contribution is 9.10. The van der Waals surface area contributed by atoms with Gasteiger partial charge in [0.25, 0.3) is 0 Å². The van der Waals surface area contributed by atoms with Crippen LogP contribution >= 0.6 is 15.9 Å². The number of rotatable bonds is 6. The lowest BCUT2D eigenvalue weighted by molar-refractivity contribution is 0.101. The number of hydrogen-bond acceptors (Lipinski definition) is 4. The molecular weight excluding hydrogens is 480 g/mol. The highest BCUT2D eigenvalue weighted by Gasteiger charge is 2.28. The maximum absolute atomic E-state index is 13.0. The van der Waals surface area contributed by atoms with Gasteiger partial charge in [-0.1, -0.05) is 46.8 Å². The van der Waals surface area contributed by atoms with E-state index in [0.717, 1.165) is 32.7 Å². The Hall–Kier alpha value is -3.90. The molecule has 0 unspecified atom stereocenters. The molecule has 0 spiro atoms. The van der Waals surface area contributed by atoms with Crippen LogP contribution in [0.1, 0.15) is 15.9 Å². The fraction of sp³-hybridized carbons (Fsp3) is 0.0370. The van der Waals surface area contributed by atoms with Crippen LogP contribution < -0.4 is 9.47 Å². The second-order valence-corrected chi connectivity index (χ2v) is 8.33. The molecule has 0 saturated heterocycles. The topological polar surface area (TPSA) is 53.4 Å². The van der Waals surface area contributed by atoms with Gasteiger partial charge in [0.2, 0.25) is 5.78 Å². The molecule has 5 rings (SSSR count). The first-order valence-corrected chi connectivity index (χ1v) is 11.1. The monoisotopic (exact) mass is 498 g/mol. The highest BCUT2D eigenvalue weighted by Crippen LogP contribution is 2.35. The number of aromatic nitrogens is 2. The van der Waals surface area contributed by atoms with Crippen LogP contribution in [0.4, 0.5) is 0 Å². The summed E-state index contributed by atoms with van der Waals surface area (Å²) in [4.78, 5) is 13.0. The smallest absolute Gasteiger partial charge is 0.232 e. The second-order valence-electron chi connectivity index (χ2n) is 7.42. The van der Waals surface area contributed by atoms with Gasteiger partial charge >= 0.3 is 0 Å². The molecule has 4 aromatic rings. The SMILES string of the molecule is C=CCOc1ccc(-c2nn(-c3ccccc3)cc2/C=C2\Oc3ccc(Br)cc3C2=O)cc1. The number of fused-ring (bicyclic) bond motifs is 1. The van der Waals surface area contributed by atoms with Crippen molar-refractivity contribution in [2.24, 2.45) is 0 Å². The van der Waals surface area contributed by atoms with Crippen LogP contribution in [-0.2, 0) is 0 Å². The van der Waals surface area contributed by atoms with Gasteiger partial charge in [0.05, 0.1) is 11.3 Å². The zero-order valence-electron chi connectivity index (χ0n) is 17.6. The van der Waals surface area contributed by atoms with Crippen LogP contribution in [0, 0.1) is 0 Å². The zero-order chi connectivity index (χ0) is 22.8. The van der Waals surface area contributed by atoms with E-state index in [0.29, 0.717) is 17.9 Å². The number of hydrogen-bond donors (Lipinski definition) is 0. The number of para-hydroxylation sites is 1. The molecule has 0 fully saturated rings. The number of ketones is 1. The largest absolute Gasteiger partial charge is 0.490 e. The van der Waals surface area contributed by atoms with Gasteiger partial charge in [0.15, 0.2) is 5.76 Å². The summed E-state index contributed by atoms with van der Waals surface area (Å²) < 4.78 is 14.1. The predicted octanol–water partition coefficient (Wildman–Crippen LogP) is 6.48. The fourth-order valence-corrected chi connectivity index (χ4v) is 3.96. The molecule has 3 aromatic carbocycles. The van der Waals surface area contributed by atoms with Crippen molar-refractivity contribution in [2.75, 3.05) is 6.61 Å². The molecule has 0 aliphatic carbocycles. The lowest BCUT2D eigenvalue weighted by Gasteiger charge is -2.05. The van der Waals surface area contributed by atoms with Gasteiger partial charge in [-0.3, -0.25) is 4.79 Å². The van der Waals surface area contributed by atoms with Crippen molar-refractivity contribution in [3.05, 3.63) is 113 Å². The molecule has 6 heteroatoms. The molecule has 5 nitrogen and oxygen atoms in total. The number of allylic oxidation sites excluding steroid dienone is 1. The van der Waals surface area contributed by atoms with Crippen LogP contribution in [-0.4, -0.2) is 22.2 Å². The Morgan fingerprint density at radius 1 is 1.06 bits per heavy atom. The van der Waals surface area contributed by atoms with Crippen molar-refractivity contribution >= 4 is 27.8 Å². The van der Waals surface area contributed by atoms with Crippen molar-refractivity contribution < 1.29 is 14.3 Å². The number of carbonyl (C=O) groups is 1. The van der Waals surface area contributed by atoms with E-state index in [4.69, 9.17) is 14.6 Å². The van der Waals surface area contributed by atoms with Crippen LogP contribution in [0.15, 0.2) is 102 Å². The summed E-state index contributed by atoms with van der Waals surface area (Å²) in [7, 11) is 0. The lowest BCUT2D eigenvalue weighted by atomic mass is 10.1. The van der Waals surface area contributed by atoms with Gasteiger partial charge in [0.1, 0.15) is 23.8 Å². The summed E-state index contributed by atoms with van der Waals surface area (Å²) in [6, 6.07) is 22.9. The number of halogens is 1. The van der Waals surface area contributed by atoms with Crippen molar-refractivity contribution in [1.29, 1.82) is 0 Å². The average molecular weight is 499 g/mol. The fourth-order valence-electron chi connectivity index (χ4n) is 3.60. The first-order chi connectivity index (χ1) is 16.1. The molecule has 1 aliphatic heterocycles. The van der Waals surface area contributed by atoms with Crippen molar-refractivity contribution in [3.63, 3.8) is 0 Å². The summed E-state index contributed by atoms with van der Waals surface area (Å²) in [5, 5.41) is 4.81. The van der Waals surface area contributed by atoms with Crippen LogP contribution in [0.25, 0.3) is 23.0 Å². The standard InChI is InChI=1S/C27H19BrN2O3/c1-2-14-32-22-11-8-18(9-12-22)26-19(17-30(29-26)21-6-4-3-5-7-21)15-25-27(31)23-16-20(28)10-13-24(23)33-25/h2-13,15-17H,1,14H2/b25-15-. The number of ether oxygens (including phenoxy) is 2. The van der Waals surface area contributed by atoms with E-state index in [-0.39, 0.29) is 11.5 Å². The van der Waals surface area contributed by atoms with Crippen LogP contribution in [0.5, 0.6) is 11.5 Å². The Kier molecular flexibility index (Phi) is 5.67. The Labute approximate surface area is 199 Å². The zero-order valence-corrected chi connectivity index (χ0v) is 19.2. The van der Waals surface area contributed by atoms with Crippen LogP contribution in [0.3, 0.4) is 0 Å². The Morgan fingerprint density at radius 2 is 1.85 bits per heavy atom. The number of benzene rings is 3. The molecule has 1 aromatic heterocycles. The number of carbonyl (C=O) groups excluding carboxylic acids is 1. The quantitative estimate of drug-likeness (QED) is 0.225. The van der Waals surface area contributed by atoms with Crippen LogP contribution in [0.2, 0.25) is 0 Å². The molecule has 0 radical (unpaired) electrons. The summed E-state index contributed by atoms with van der Waals surface area (Å²) in [5.74, 6) is 1.41. The van der Waals surface area contributed by atoms with Crippen molar-refractivity contribution in [3.8, 4) is 28.4 Å². The first kappa shape index (κ1) is 21.0. The van der Waals surface area contributed by atoms with Gasteiger partial charge in [-0.25, -0.2) is 4.68 Å². The second kappa shape index (κ2) is 8.92. The van der Waals surface area contributed by atoms with Gasteiger partial charge in [0, 0.05) is 21.8 Å². The minimum atomic E-state index is -0.155. The van der Waals surface area contributed by atoms with E-state index in [2.05, 4.69) is 22.5 Å². The van der Waals surface area contributed by atoms with E-state index in [1.807, 2.05) is 66.9 Å². The van der Waals surface area contributed by atoms with Crippen molar-refractivity contribution in [1.82, 2.24) is 9.78 Å². The summed E-state index contributed by atoms with van der Waals surface area (Å²) in [6.45, 7) is 4.11. The molecule has 0 amide bonds. The molecule has 0 N–H and O–H groups in total. The third-order valence-electron chi connectivity index (χ3n) is 5.18. The first-order valence-electron chi connectivity index (χ1n) is 10.4. The third kappa shape index (κ3) is 4.25. The predicted molar refractivity (Wildman–Crippen MR) is 132 cm³/mol.